The van der Waals surface area contributed by atoms with Gasteiger partial charge in [0.05, 0.1) is 11.5 Å². The van der Waals surface area contributed by atoms with Gasteiger partial charge in [-0.3, -0.25) is 14.8 Å². The molecule has 0 aliphatic rings. The summed E-state index contributed by atoms with van der Waals surface area (Å²) >= 11 is 0. The van der Waals surface area contributed by atoms with Gasteiger partial charge >= 0.3 is 5.69 Å². The minimum atomic E-state index is -0.467. The number of nitrogens with one attached hydrogen (secondary N) is 1. The summed E-state index contributed by atoms with van der Waals surface area (Å²) in [5, 5.41) is 17.4. The summed E-state index contributed by atoms with van der Waals surface area (Å²) in [6.45, 7) is 0.442. The van der Waals surface area contributed by atoms with Gasteiger partial charge in [-0.1, -0.05) is 6.07 Å². The second kappa shape index (κ2) is 4.60. The summed E-state index contributed by atoms with van der Waals surface area (Å²) in [6.07, 6.45) is 4.31. The summed E-state index contributed by atoms with van der Waals surface area (Å²) in [5.41, 5.74) is 0.910. The molecule has 88 valence electrons. The summed E-state index contributed by atoms with van der Waals surface area (Å²) in [5.74, 6) is 0.741. The molecule has 2 heterocycles. The molecule has 2 aromatic rings. The number of nitrogens with zero attached hydrogens (tertiary/aromatic N) is 4. The average molecular weight is 233 g/mol. The Bertz CT molecular complexity index is 537. The summed E-state index contributed by atoms with van der Waals surface area (Å²) in [6, 6.07) is 3.71. The highest BCUT2D eigenvalue weighted by Crippen LogP contribution is 2.14. The molecule has 0 amide bonds. The van der Waals surface area contributed by atoms with Gasteiger partial charge in [0.2, 0.25) is 0 Å². The Morgan fingerprint density at radius 2 is 2.41 bits per heavy atom. The molecule has 0 spiro atoms. The Morgan fingerprint density at radius 3 is 3.06 bits per heavy atom. The zero-order valence-corrected chi connectivity index (χ0v) is 9.20. The highest BCUT2D eigenvalue weighted by molar-refractivity contribution is 5.43. The van der Waals surface area contributed by atoms with E-state index in [0.717, 1.165) is 11.4 Å². The van der Waals surface area contributed by atoms with Gasteiger partial charge in [0.1, 0.15) is 18.2 Å². The SMILES string of the molecule is CNc1ncccc1Cn1cc([N+](=O)[O-])cn1. The molecule has 0 fully saturated rings. The molecular weight excluding hydrogens is 222 g/mol. The van der Waals surface area contributed by atoms with Gasteiger partial charge in [0.15, 0.2) is 0 Å². The Balaban J connectivity index is 2.22. The van der Waals surface area contributed by atoms with Crippen molar-refractivity contribution in [2.45, 2.75) is 6.54 Å². The van der Waals surface area contributed by atoms with E-state index in [1.807, 2.05) is 12.1 Å². The van der Waals surface area contributed by atoms with Gasteiger partial charge in [0, 0.05) is 18.8 Å². The molecule has 2 aromatic heterocycles. The fraction of sp³-hybridized carbons (Fsp3) is 0.200. The van der Waals surface area contributed by atoms with E-state index in [1.54, 1.807) is 13.2 Å². The average Bonchev–Trinajstić information content (AvgIpc) is 2.78. The number of nitro groups is 1. The van der Waals surface area contributed by atoms with Crippen molar-refractivity contribution in [1.82, 2.24) is 14.8 Å². The lowest BCUT2D eigenvalue weighted by molar-refractivity contribution is -0.385. The summed E-state index contributed by atoms with van der Waals surface area (Å²) in [7, 11) is 1.78. The van der Waals surface area contributed by atoms with E-state index < -0.39 is 4.92 Å². The van der Waals surface area contributed by atoms with E-state index in [1.165, 1.54) is 17.1 Å². The van der Waals surface area contributed by atoms with Crippen molar-refractivity contribution in [3.63, 3.8) is 0 Å². The number of pyridine rings is 1. The lowest BCUT2D eigenvalue weighted by Crippen LogP contribution is -2.04. The van der Waals surface area contributed by atoms with Crippen molar-refractivity contribution in [3.05, 3.63) is 46.4 Å². The van der Waals surface area contributed by atoms with Gasteiger partial charge in [0.25, 0.3) is 0 Å². The van der Waals surface area contributed by atoms with Crippen LogP contribution < -0.4 is 5.32 Å². The van der Waals surface area contributed by atoms with Crippen LogP contribution in [0.4, 0.5) is 11.5 Å². The number of hydrogen-bond acceptors (Lipinski definition) is 5. The molecule has 7 heteroatoms. The molecule has 0 aliphatic heterocycles. The third-order valence-corrected chi connectivity index (χ3v) is 2.29. The van der Waals surface area contributed by atoms with Crippen molar-refractivity contribution in [1.29, 1.82) is 0 Å². The minimum Gasteiger partial charge on any atom is -0.373 e. The molecule has 1 N–H and O–H groups in total. The van der Waals surface area contributed by atoms with Crippen LogP contribution >= 0.6 is 0 Å². The van der Waals surface area contributed by atoms with E-state index in [-0.39, 0.29) is 5.69 Å². The van der Waals surface area contributed by atoms with Crippen molar-refractivity contribution in [2.24, 2.45) is 0 Å². The Morgan fingerprint density at radius 1 is 1.59 bits per heavy atom. The Hall–Kier alpha value is -2.44. The van der Waals surface area contributed by atoms with Gasteiger partial charge in [-0.25, -0.2) is 4.98 Å². The van der Waals surface area contributed by atoms with Crippen LogP contribution in [0.25, 0.3) is 0 Å². The van der Waals surface area contributed by atoms with Gasteiger partial charge in [-0.15, -0.1) is 0 Å². The second-order valence-corrected chi connectivity index (χ2v) is 3.41. The fourth-order valence-electron chi connectivity index (χ4n) is 1.50. The fourth-order valence-corrected chi connectivity index (χ4v) is 1.50. The zero-order valence-electron chi connectivity index (χ0n) is 9.20. The molecule has 2 rings (SSSR count). The van der Waals surface area contributed by atoms with Crippen molar-refractivity contribution >= 4 is 11.5 Å². The van der Waals surface area contributed by atoms with Crippen molar-refractivity contribution in [2.75, 3.05) is 12.4 Å². The largest absolute Gasteiger partial charge is 0.373 e. The minimum absolute atomic E-state index is 0.0140. The smallest absolute Gasteiger partial charge is 0.307 e. The molecule has 0 unspecified atom stereocenters. The molecule has 0 saturated carbocycles. The highest BCUT2D eigenvalue weighted by Gasteiger charge is 2.10. The zero-order chi connectivity index (χ0) is 12.3. The van der Waals surface area contributed by atoms with E-state index in [2.05, 4.69) is 15.4 Å². The highest BCUT2D eigenvalue weighted by atomic mass is 16.6. The third kappa shape index (κ3) is 2.39. The number of rotatable bonds is 4. The van der Waals surface area contributed by atoms with Crippen LogP contribution in [0.1, 0.15) is 5.56 Å². The first-order valence-corrected chi connectivity index (χ1v) is 4.99. The Kier molecular flexibility index (Phi) is 2.99. The second-order valence-electron chi connectivity index (χ2n) is 3.41. The normalized spacial score (nSPS) is 10.2. The van der Waals surface area contributed by atoms with E-state index in [9.17, 15) is 10.1 Å². The maximum atomic E-state index is 10.5. The predicted octanol–water partition coefficient (Wildman–Crippen LogP) is 1.28. The topological polar surface area (TPSA) is 85.9 Å². The molecular formula is C10H11N5O2. The van der Waals surface area contributed by atoms with E-state index in [0.29, 0.717) is 6.54 Å². The van der Waals surface area contributed by atoms with Crippen LogP contribution in [0.3, 0.4) is 0 Å². The first kappa shape index (κ1) is 11.1. The lowest BCUT2D eigenvalue weighted by Gasteiger charge is -2.06. The van der Waals surface area contributed by atoms with E-state index in [4.69, 9.17) is 0 Å². The first-order chi connectivity index (χ1) is 8.20. The Labute approximate surface area is 97.2 Å². The molecule has 0 aliphatic carbocycles. The van der Waals surface area contributed by atoms with Gasteiger partial charge < -0.3 is 5.32 Å². The number of anilines is 1. The summed E-state index contributed by atoms with van der Waals surface area (Å²) < 4.78 is 1.51. The van der Waals surface area contributed by atoms with Gasteiger partial charge in [-0.2, -0.15) is 5.10 Å². The van der Waals surface area contributed by atoms with Crippen LogP contribution in [0, 0.1) is 10.1 Å². The quantitative estimate of drug-likeness (QED) is 0.635. The van der Waals surface area contributed by atoms with Crippen LogP contribution in [-0.4, -0.2) is 26.7 Å². The maximum Gasteiger partial charge on any atom is 0.307 e. The van der Waals surface area contributed by atoms with Gasteiger partial charge in [-0.05, 0) is 6.07 Å². The van der Waals surface area contributed by atoms with Crippen LogP contribution in [0.15, 0.2) is 30.7 Å². The van der Waals surface area contributed by atoms with Crippen molar-refractivity contribution in [3.8, 4) is 0 Å². The van der Waals surface area contributed by atoms with Crippen molar-refractivity contribution < 1.29 is 4.92 Å². The van der Waals surface area contributed by atoms with E-state index >= 15 is 0 Å². The lowest BCUT2D eigenvalue weighted by atomic mass is 10.2. The third-order valence-electron chi connectivity index (χ3n) is 2.29. The number of hydrogen-bond donors (Lipinski definition) is 1. The number of aromatic nitrogens is 3. The predicted molar refractivity (Wildman–Crippen MR) is 61.8 cm³/mol. The molecule has 0 atom stereocenters. The molecule has 17 heavy (non-hydrogen) atoms. The standard InChI is InChI=1S/C10H11N5O2/c1-11-10-8(3-2-4-12-10)6-14-7-9(5-13-14)15(16)17/h2-5,7H,6H2,1H3,(H,11,12). The maximum absolute atomic E-state index is 10.5. The molecule has 0 bridgehead atoms. The summed E-state index contributed by atoms with van der Waals surface area (Å²) in [4.78, 5) is 14.2. The molecule has 0 saturated heterocycles. The molecule has 7 nitrogen and oxygen atoms in total. The van der Waals surface area contributed by atoms with Crippen LogP contribution in [-0.2, 0) is 6.54 Å². The van der Waals surface area contributed by atoms with Crippen LogP contribution in [0.2, 0.25) is 0 Å². The molecule has 0 radical (unpaired) electrons. The first-order valence-electron chi connectivity index (χ1n) is 4.99. The van der Waals surface area contributed by atoms with Crippen LogP contribution in [0.5, 0.6) is 0 Å². The monoisotopic (exact) mass is 233 g/mol. The molecule has 0 aromatic carbocycles.